The normalized spacial score (nSPS) is 12.0. The van der Waals surface area contributed by atoms with Gasteiger partial charge in [0.2, 0.25) is 5.91 Å². The van der Waals surface area contributed by atoms with Crippen molar-refractivity contribution in [3.63, 3.8) is 0 Å². The molecular formula is C23H15ClF3N3O2S. The van der Waals surface area contributed by atoms with E-state index in [-0.39, 0.29) is 10.7 Å². The molecule has 1 amide bonds. The maximum Gasteiger partial charge on any atom is 0.266 e. The Bertz CT molecular complexity index is 1440. The van der Waals surface area contributed by atoms with E-state index in [0.29, 0.717) is 27.7 Å². The Hall–Kier alpha value is -3.30. The number of hydrogen-bond donors (Lipinski definition) is 1. The van der Waals surface area contributed by atoms with Crippen LogP contribution in [0.25, 0.3) is 16.6 Å². The third-order valence-corrected chi connectivity index (χ3v) is 6.15. The number of carbonyl (C=O) groups is 1. The van der Waals surface area contributed by atoms with Gasteiger partial charge in [-0.1, -0.05) is 47.6 Å². The monoisotopic (exact) mass is 489 g/mol. The molecule has 0 aliphatic rings. The molecule has 33 heavy (non-hydrogen) atoms. The number of fused-ring (bicyclic) bond motifs is 1. The molecule has 1 heterocycles. The maximum absolute atomic E-state index is 14.0. The second-order valence-electron chi connectivity index (χ2n) is 6.98. The molecule has 0 radical (unpaired) electrons. The second kappa shape index (κ2) is 9.29. The molecule has 1 N–H and O–H groups in total. The summed E-state index contributed by atoms with van der Waals surface area (Å²) < 4.78 is 41.9. The molecule has 0 bridgehead atoms. The highest BCUT2D eigenvalue weighted by Gasteiger charge is 2.23. The average molecular weight is 490 g/mol. The van der Waals surface area contributed by atoms with Gasteiger partial charge in [0.15, 0.2) is 22.6 Å². The standard InChI is InChI=1S/C23H15ClF3N3O2S/c1-12(21(31)28-17-11-10-15(25)19(26)20(17)27)33-23-29-16-8-4-2-6-13(16)22(32)30(23)18-9-5-3-7-14(18)24/h2-12H,1H3,(H,28,31). The van der Waals surface area contributed by atoms with Crippen LogP contribution in [-0.4, -0.2) is 20.7 Å². The van der Waals surface area contributed by atoms with E-state index in [2.05, 4.69) is 10.3 Å². The molecule has 1 unspecified atom stereocenters. The zero-order chi connectivity index (χ0) is 23.7. The zero-order valence-corrected chi connectivity index (χ0v) is 18.6. The van der Waals surface area contributed by atoms with Gasteiger partial charge in [0.05, 0.1) is 32.6 Å². The number of para-hydroxylation sites is 2. The van der Waals surface area contributed by atoms with Crippen LogP contribution in [0.5, 0.6) is 0 Å². The van der Waals surface area contributed by atoms with Gasteiger partial charge in [-0.25, -0.2) is 18.2 Å². The molecule has 1 aromatic heterocycles. The number of amides is 1. The van der Waals surface area contributed by atoms with Gasteiger partial charge in [0.1, 0.15) is 0 Å². The minimum absolute atomic E-state index is 0.181. The van der Waals surface area contributed by atoms with Crippen LogP contribution in [0.2, 0.25) is 5.02 Å². The van der Waals surface area contributed by atoms with Crippen molar-refractivity contribution in [3.05, 3.63) is 93.5 Å². The number of thioether (sulfide) groups is 1. The number of carbonyl (C=O) groups excluding carboxylic acids is 1. The summed E-state index contributed by atoms with van der Waals surface area (Å²) in [6.45, 7) is 1.51. The average Bonchev–Trinajstić information content (AvgIpc) is 2.80. The Balaban J connectivity index is 1.73. The van der Waals surface area contributed by atoms with E-state index in [4.69, 9.17) is 11.6 Å². The van der Waals surface area contributed by atoms with Crippen molar-refractivity contribution >= 4 is 45.9 Å². The van der Waals surface area contributed by atoms with Gasteiger partial charge in [0, 0.05) is 0 Å². The van der Waals surface area contributed by atoms with Gasteiger partial charge in [-0.2, -0.15) is 0 Å². The van der Waals surface area contributed by atoms with Crippen LogP contribution in [0.4, 0.5) is 18.9 Å². The predicted octanol–water partition coefficient (Wildman–Crippen LogP) is 5.58. The second-order valence-corrected chi connectivity index (χ2v) is 8.69. The van der Waals surface area contributed by atoms with Crippen LogP contribution >= 0.6 is 23.4 Å². The third kappa shape index (κ3) is 4.46. The highest BCUT2D eigenvalue weighted by molar-refractivity contribution is 8.00. The van der Waals surface area contributed by atoms with E-state index < -0.39 is 34.3 Å². The van der Waals surface area contributed by atoms with E-state index in [9.17, 15) is 22.8 Å². The van der Waals surface area contributed by atoms with Crippen LogP contribution in [0.3, 0.4) is 0 Å². The number of hydrogen-bond acceptors (Lipinski definition) is 4. The van der Waals surface area contributed by atoms with Crippen molar-refractivity contribution in [1.82, 2.24) is 9.55 Å². The third-order valence-electron chi connectivity index (χ3n) is 4.78. The molecule has 0 aliphatic heterocycles. The molecule has 0 fully saturated rings. The Morgan fingerprint density at radius 3 is 2.48 bits per heavy atom. The summed E-state index contributed by atoms with van der Waals surface area (Å²) in [7, 11) is 0. The fourth-order valence-corrected chi connectivity index (χ4v) is 4.25. The van der Waals surface area contributed by atoms with Gasteiger partial charge in [-0.15, -0.1) is 0 Å². The van der Waals surface area contributed by atoms with Crippen molar-refractivity contribution in [2.45, 2.75) is 17.3 Å². The molecule has 10 heteroatoms. The maximum atomic E-state index is 14.0. The molecule has 1 atom stereocenters. The fraction of sp³-hybridized carbons (Fsp3) is 0.0870. The van der Waals surface area contributed by atoms with E-state index in [1.807, 2.05) is 0 Å². The number of anilines is 1. The number of rotatable bonds is 5. The summed E-state index contributed by atoms with van der Waals surface area (Å²) in [5.41, 5.74) is -0.0755. The lowest BCUT2D eigenvalue weighted by Crippen LogP contribution is -2.26. The first kappa shape index (κ1) is 22.9. The van der Waals surface area contributed by atoms with Gasteiger partial charge < -0.3 is 5.32 Å². The van der Waals surface area contributed by atoms with Crippen LogP contribution in [0.15, 0.2) is 70.6 Å². The van der Waals surface area contributed by atoms with Crippen molar-refractivity contribution in [3.8, 4) is 5.69 Å². The molecule has 4 aromatic rings. The van der Waals surface area contributed by atoms with Gasteiger partial charge in [-0.3, -0.25) is 14.2 Å². The van der Waals surface area contributed by atoms with Crippen LogP contribution in [0.1, 0.15) is 6.92 Å². The molecule has 5 nitrogen and oxygen atoms in total. The van der Waals surface area contributed by atoms with Crippen molar-refractivity contribution in [2.24, 2.45) is 0 Å². The fourth-order valence-electron chi connectivity index (χ4n) is 3.11. The molecule has 0 saturated carbocycles. The lowest BCUT2D eigenvalue weighted by molar-refractivity contribution is -0.115. The van der Waals surface area contributed by atoms with E-state index in [1.54, 1.807) is 48.5 Å². The summed E-state index contributed by atoms with van der Waals surface area (Å²) in [6, 6.07) is 15.1. The highest BCUT2D eigenvalue weighted by Crippen LogP contribution is 2.29. The number of nitrogens with zero attached hydrogens (tertiary/aromatic N) is 2. The van der Waals surface area contributed by atoms with E-state index in [1.165, 1.54) is 11.5 Å². The topological polar surface area (TPSA) is 64.0 Å². The Labute approximate surface area is 195 Å². The minimum Gasteiger partial charge on any atom is -0.323 e. The largest absolute Gasteiger partial charge is 0.323 e. The molecule has 0 spiro atoms. The first-order valence-electron chi connectivity index (χ1n) is 9.65. The molecule has 4 rings (SSSR count). The Morgan fingerprint density at radius 1 is 1.03 bits per heavy atom. The number of halogens is 4. The number of aromatic nitrogens is 2. The van der Waals surface area contributed by atoms with Crippen molar-refractivity contribution in [2.75, 3.05) is 5.32 Å². The zero-order valence-electron chi connectivity index (χ0n) is 17.0. The summed E-state index contributed by atoms with van der Waals surface area (Å²) in [6.07, 6.45) is 0. The summed E-state index contributed by atoms with van der Waals surface area (Å²) in [4.78, 5) is 30.5. The summed E-state index contributed by atoms with van der Waals surface area (Å²) in [5.74, 6) is -5.25. The first-order valence-corrected chi connectivity index (χ1v) is 10.9. The lowest BCUT2D eigenvalue weighted by atomic mass is 10.2. The van der Waals surface area contributed by atoms with Gasteiger partial charge >= 0.3 is 0 Å². The van der Waals surface area contributed by atoms with Crippen molar-refractivity contribution < 1.29 is 18.0 Å². The molecule has 3 aromatic carbocycles. The minimum atomic E-state index is -1.68. The summed E-state index contributed by atoms with van der Waals surface area (Å²) >= 11 is 7.26. The van der Waals surface area contributed by atoms with Gasteiger partial charge in [-0.05, 0) is 43.3 Å². The summed E-state index contributed by atoms with van der Waals surface area (Å²) in [5, 5.41) is 2.20. The molecular weight excluding hydrogens is 475 g/mol. The van der Waals surface area contributed by atoms with E-state index >= 15 is 0 Å². The molecule has 0 saturated heterocycles. The first-order chi connectivity index (χ1) is 15.8. The lowest BCUT2D eigenvalue weighted by Gasteiger charge is -2.17. The van der Waals surface area contributed by atoms with Crippen LogP contribution < -0.4 is 10.9 Å². The van der Waals surface area contributed by atoms with E-state index in [0.717, 1.165) is 17.8 Å². The highest BCUT2D eigenvalue weighted by atomic mass is 35.5. The Kier molecular flexibility index (Phi) is 6.44. The number of benzene rings is 3. The quantitative estimate of drug-likeness (QED) is 0.226. The van der Waals surface area contributed by atoms with Crippen molar-refractivity contribution in [1.29, 1.82) is 0 Å². The number of nitrogens with one attached hydrogen (secondary N) is 1. The van der Waals surface area contributed by atoms with Crippen LogP contribution in [-0.2, 0) is 4.79 Å². The SMILES string of the molecule is CC(Sc1nc2ccccc2c(=O)n1-c1ccccc1Cl)C(=O)Nc1ccc(F)c(F)c1F. The predicted molar refractivity (Wildman–Crippen MR) is 123 cm³/mol. The Morgan fingerprint density at radius 2 is 1.73 bits per heavy atom. The molecule has 168 valence electrons. The smallest absolute Gasteiger partial charge is 0.266 e. The molecule has 0 aliphatic carbocycles. The van der Waals surface area contributed by atoms with Crippen LogP contribution in [0, 0.1) is 17.5 Å². The van der Waals surface area contributed by atoms with Gasteiger partial charge in [0.25, 0.3) is 5.56 Å².